The van der Waals surface area contributed by atoms with E-state index in [4.69, 9.17) is 12.2 Å². The Balaban J connectivity index is 2.03. The van der Waals surface area contributed by atoms with Gasteiger partial charge in [0.1, 0.15) is 0 Å². The number of aryl methyl sites for hydroxylation is 2. The third kappa shape index (κ3) is 3.53. The van der Waals surface area contributed by atoms with Gasteiger partial charge in [-0.05, 0) is 61.5 Å². The molecule has 0 aliphatic carbocycles. The number of nitrogens with one attached hydrogen (secondary N) is 2. The van der Waals surface area contributed by atoms with Crippen molar-refractivity contribution in [1.82, 2.24) is 4.98 Å². The van der Waals surface area contributed by atoms with Crippen LogP contribution in [0.2, 0.25) is 0 Å². The predicted molar refractivity (Wildman–Crippen MR) is 80.0 cm³/mol. The van der Waals surface area contributed by atoms with Crippen molar-refractivity contribution in [2.45, 2.75) is 13.8 Å². The highest BCUT2D eigenvalue weighted by Crippen LogP contribution is 2.14. The number of hydrogen-bond acceptors (Lipinski definition) is 2. The lowest BCUT2D eigenvalue weighted by molar-refractivity contribution is 1.33. The summed E-state index contributed by atoms with van der Waals surface area (Å²) >= 11 is 5.25. The van der Waals surface area contributed by atoms with E-state index in [1.807, 2.05) is 12.1 Å². The molecule has 2 rings (SSSR count). The van der Waals surface area contributed by atoms with Crippen LogP contribution in [0.5, 0.6) is 0 Å². The van der Waals surface area contributed by atoms with Gasteiger partial charge in [-0.1, -0.05) is 6.07 Å². The molecule has 0 fully saturated rings. The summed E-state index contributed by atoms with van der Waals surface area (Å²) in [6.07, 6.45) is 3.46. The molecular weight excluding hydrogens is 242 g/mol. The summed E-state index contributed by atoms with van der Waals surface area (Å²) in [5.41, 5.74) is 4.29. The van der Waals surface area contributed by atoms with E-state index in [2.05, 4.69) is 47.7 Å². The Bertz CT molecular complexity index is 532. The molecule has 1 aromatic heterocycles. The van der Waals surface area contributed by atoms with Crippen molar-refractivity contribution in [3.8, 4) is 0 Å². The molecule has 0 bridgehead atoms. The quantitative estimate of drug-likeness (QED) is 0.807. The molecule has 0 unspecified atom stereocenters. The molecule has 0 spiro atoms. The normalized spacial score (nSPS) is 9.89. The highest BCUT2D eigenvalue weighted by atomic mass is 32.1. The molecule has 4 heteroatoms. The van der Waals surface area contributed by atoms with E-state index in [1.165, 1.54) is 11.1 Å². The van der Waals surface area contributed by atoms with Crippen molar-refractivity contribution in [3.63, 3.8) is 0 Å². The average molecular weight is 257 g/mol. The summed E-state index contributed by atoms with van der Waals surface area (Å²) in [5.74, 6) is 0. The largest absolute Gasteiger partial charge is 0.332 e. The topological polar surface area (TPSA) is 37.0 Å². The van der Waals surface area contributed by atoms with Crippen LogP contribution < -0.4 is 10.6 Å². The van der Waals surface area contributed by atoms with E-state index in [1.54, 1.807) is 12.4 Å². The van der Waals surface area contributed by atoms with E-state index >= 15 is 0 Å². The van der Waals surface area contributed by atoms with Gasteiger partial charge in [0.15, 0.2) is 5.11 Å². The number of rotatable bonds is 2. The first-order chi connectivity index (χ1) is 8.63. The Morgan fingerprint density at radius 2 is 1.72 bits per heavy atom. The predicted octanol–water partition coefficient (Wildman–Crippen LogP) is 3.51. The Morgan fingerprint density at radius 3 is 2.33 bits per heavy atom. The van der Waals surface area contributed by atoms with Gasteiger partial charge in [0, 0.05) is 11.9 Å². The molecular formula is C14H15N3S. The van der Waals surface area contributed by atoms with Crippen LogP contribution in [0.1, 0.15) is 11.1 Å². The highest BCUT2D eigenvalue weighted by Gasteiger charge is 2.00. The molecule has 0 aliphatic heterocycles. The molecule has 0 atom stereocenters. The second kappa shape index (κ2) is 5.60. The van der Waals surface area contributed by atoms with Crippen LogP contribution >= 0.6 is 12.2 Å². The minimum Gasteiger partial charge on any atom is -0.332 e. The molecule has 1 heterocycles. The molecule has 1 aromatic carbocycles. The minimum atomic E-state index is 0.563. The maximum atomic E-state index is 5.25. The highest BCUT2D eigenvalue weighted by molar-refractivity contribution is 7.80. The molecule has 2 aromatic rings. The number of aromatic nitrogens is 1. The molecule has 3 nitrogen and oxygen atoms in total. The minimum absolute atomic E-state index is 0.563. The van der Waals surface area contributed by atoms with E-state index in [0.717, 1.165) is 11.4 Å². The van der Waals surface area contributed by atoms with Crippen molar-refractivity contribution in [2.24, 2.45) is 0 Å². The van der Waals surface area contributed by atoms with Crippen LogP contribution in [0.3, 0.4) is 0 Å². The van der Waals surface area contributed by atoms with Gasteiger partial charge in [-0.3, -0.25) is 4.98 Å². The fourth-order valence-corrected chi connectivity index (χ4v) is 2.01. The lowest BCUT2D eigenvalue weighted by Crippen LogP contribution is -2.19. The van der Waals surface area contributed by atoms with Gasteiger partial charge in [0.2, 0.25) is 0 Å². The van der Waals surface area contributed by atoms with E-state index in [-0.39, 0.29) is 0 Å². The van der Waals surface area contributed by atoms with Crippen molar-refractivity contribution in [2.75, 3.05) is 10.6 Å². The van der Waals surface area contributed by atoms with Gasteiger partial charge in [0.05, 0.1) is 11.9 Å². The smallest absolute Gasteiger partial charge is 0.175 e. The van der Waals surface area contributed by atoms with Crippen LogP contribution in [-0.2, 0) is 0 Å². The van der Waals surface area contributed by atoms with Crippen LogP contribution in [0.4, 0.5) is 11.4 Å². The van der Waals surface area contributed by atoms with E-state index in [9.17, 15) is 0 Å². The van der Waals surface area contributed by atoms with Crippen LogP contribution in [0, 0.1) is 13.8 Å². The van der Waals surface area contributed by atoms with Crippen molar-refractivity contribution in [1.29, 1.82) is 0 Å². The zero-order chi connectivity index (χ0) is 13.0. The summed E-state index contributed by atoms with van der Waals surface area (Å²) in [6.45, 7) is 4.13. The molecule has 0 saturated carbocycles. The van der Waals surface area contributed by atoms with Gasteiger partial charge in [0.25, 0.3) is 0 Å². The average Bonchev–Trinajstić information content (AvgIpc) is 2.28. The lowest BCUT2D eigenvalue weighted by Gasteiger charge is -2.11. The third-order valence-electron chi connectivity index (χ3n) is 2.40. The number of pyridine rings is 1. The fraction of sp³-hybridized carbons (Fsp3) is 0.143. The first kappa shape index (κ1) is 12.5. The zero-order valence-electron chi connectivity index (χ0n) is 10.4. The van der Waals surface area contributed by atoms with E-state index in [0.29, 0.717) is 5.11 Å². The van der Waals surface area contributed by atoms with Crippen molar-refractivity contribution >= 4 is 28.7 Å². The molecule has 18 heavy (non-hydrogen) atoms. The summed E-state index contributed by atoms with van der Waals surface area (Å²) in [4.78, 5) is 4.02. The Morgan fingerprint density at radius 1 is 1.06 bits per heavy atom. The maximum absolute atomic E-state index is 5.25. The second-order valence-electron chi connectivity index (χ2n) is 4.20. The van der Waals surface area contributed by atoms with Crippen molar-refractivity contribution < 1.29 is 0 Å². The number of nitrogens with zero attached hydrogens (tertiary/aromatic N) is 1. The SMILES string of the molecule is Cc1cc(C)cc(NC(=S)Nc2cccnc2)c1. The summed E-state index contributed by atoms with van der Waals surface area (Å²) in [7, 11) is 0. The second-order valence-corrected chi connectivity index (χ2v) is 4.61. The molecule has 0 saturated heterocycles. The Kier molecular flexibility index (Phi) is 3.89. The number of anilines is 2. The summed E-state index contributed by atoms with van der Waals surface area (Å²) in [5, 5.41) is 6.81. The van der Waals surface area contributed by atoms with Gasteiger partial charge in [-0.15, -0.1) is 0 Å². The summed E-state index contributed by atoms with van der Waals surface area (Å²) < 4.78 is 0. The number of thiocarbonyl (C=S) groups is 1. The first-order valence-corrected chi connectivity index (χ1v) is 6.10. The van der Waals surface area contributed by atoms with E-state index < -0.39 is 0 Å². The monoisotopic (exact) mass is 257 g/mol. The standard InChI is InChI=1S/C14H15N3S/c1-10-6-11(2)8-13(7-10)17-14(18)16-12-4-3-5-15-9-12/h3-9H,1-2H3,(H2,16,17,18). The van der Waals surface area contributed by atoms with Crippen LogP contribution in [-0.4, -0.2) is 10.1 Å². The van der Waals surface area contributed by atoms with Gasteiger partial charge < -0.3 is 10.6 Å². The van der Waals surface area contributed by atoms with Gasteiger partial charge in [-0.2, -0.15) is 0 Å². The Labute approximate surface area is 112 Å². The van der Waals surface area contributed by atoms with Crippen LogP contribution in [0.15, 0.2) is 42.7 Å². The first-order valence-electron chi connectivity index (χ1n) is 5.70. The number of hydrogen-bond donors (Lipinski definition) is 2. The van der Waals surface area contributed by atoms with Crippen molar-refractivity contribution in [3.05, 3.63) is 53.9 Å². The maximum Gasteiger partial charge on any atom is 0.175 e. The Hall–Kier alpha value is -1.94. The van der Waals surface area contributed by atoms with Gasteiger partial charge >= 0.3 is 0 Å². The molecule has 0 aliphatic rings. The lowest BCUT2D eigenvalue weighted by atomic mass is 10.1. The fourth-order valence-electron chi connectivity index (χ4n) is 1.78. The molecule has 0 amide bonds. The third-order valence-corrected chi connectivity index (χ3v) is 2.60. The van der Waals surface area contributed by atoms with Crippen LogP contribution in [0.25, 0.3) is 0 Å². The zero-order valence-corrected chi connectivity index (χ0v) is 11.2. The molecule has 0 radical (unpaired) electrons. The van der Waals surface area contributed by atoms with Gasteiger partial charge in [-0.25, -0.2) is 0 Å². The number of benzene rings is 1. The summed E-state index contributed by atoms with van der Waals surface area (Å²) in [6, 6.07) is 10.0. The molecule has 92 valence electrons. The molecule has 2 N–H and O–H groups in total.